The molecule has 2 fully saturated rings. The molecule has 0 radical (unpaired) electrons. The maximum atomic E-state index is 14.9. The number of aliphatic hydroxyl groups is 4. The van der Waals surface area contributed by atoms with Crippen LogP contribution in [0.4, 0.5) is 4.79 Å². The first-order valence-corrected chi connectivity index (χ1v) is 32.5. The van der Waals surface area contributed by atoms with E-state index in [4.69, 9.17) is 37.6 Å². The molecule has 14 atom stereocenters. The van der Waals surface area contributed by atoms with Crippen LogP contribution in [0, 0.1) is 23.7 Å². The Kier molecular flexibility index (Phi) is 29.6. The summed E-state index contributed by atoms with van der Waals surface area (Å²) in [4.78, 5) is 126. The number of amides is 8. The van der Waals surface area contributed by atoms with E-state index >= 15 is 0 Å². The van der Waals surface area contributed by atoms with Gasteiger partial charge in [-0.25, -0.2) is 9.59 Å². The number of hydrogen-bond donors (Lipinski definition) is 8. The Morgan fingerprint density at radius 3 is 2.09 bits per heavy atom. The van der Waals surface area contributed by atoms with Crippen LogP contribution in [0.15, 0.2) is 65.1 Å². The third kappa shape index (κ3) is 20.0. The Bertz CT molecular complexity index is 3130. The predicted molar refractivity (Wildman–Crippen MR) is 344 cm³/mol. The van der Waals surface area contributed by atoms with E-state index in [0.717, 1.165) is 15.4 Å². The van der Waals surface area contributed by atoms with E-state index in [-0.39, 0.29) is 98.6 Å². The number of rotatable bonds is 37. The summed E-state index contributed by atoms with van der Waals surface area (Å²) in [6, 6.07) is 8.64. The number of carbonyl (C=O) groups is 9. The Morgan fingerprint density at radius 2 is 1.48 bits per heavy atom. The number of aliphatic hydroxyl groups excluding tert-OH is 4. The molecule has 29 heteroatoms. The van der Waals surface area contributed by atoms with Gasteiger partial charge in [0.25, 0.3) is 11.8 Å². The van der Waals surface area contributed by atoms with Gasteiger partial charge in [0.05, 0.1) is 88.1 Å². The second kappa shape index (κ2) is 36.7. The second-order valence-electron chi connectivity index (χ2n) is 25.2. The van der Waals surface area contributed by atoms with E-state index in [1.165, 1.54) is 56.5 Å². The fraction of sp³-hybridized carbons (Fsp3) is 0.627. The van der Waals surface area contributed by atoms with E-state index < -0.39 is 152 Å². The number of benzene rings is 2. The smallest absolute Gasteiger partial charge is 0.410 e. The summed E-state index contributed by atoms with van der Waals surface area (Å²) in [6.45, 7) is 12.0. The van der Waals surface area contributed by atoms with Gasteiger partial charge in [-0.2, -0.15) is 0 Å². The Balaban J connectivity index is 1.10. The molecule has 2 aromatic carbocycles. The van der Waals surface area contributed by atoms with Crippen LogP contribution >= 0.6 is 0 Å². The number of carbonyl (C=O) groups excluding carboxylic acids is 8. The van der Waals surface area contributed by atoms with Crippen molar-refractivity contribution in [3.05, 3.63) is 77.6 Å². The number of furan rings is 1. The molecule has 96 heavy (non-hydrogen) atoms. The molecule has 0 bridgehead atoms. The lowest BCUT2D eigenvalue weighted by Crippen LogP contribution is -2.60. The second-order valence-corrected chi connectivity index (χ2v) is 25.2. The zero-order valence-electron chi connectivity index (χ0n) is 56.6. The van der Waals surface area contributed by atoms with Gasteiger partial charge in [0.15, 0.2) is 0 Å². The molecule has 0 aliphatic carbocycles. The summed E-state index contributed by atoms with van der Waals surface area (Å²) in [5.41, 5.74) is 1.12. The summed E-state index contributed by atoms with van der Waals surface area (Å²) < 4.78 is 46.6. The molecule has 6 rings (SSSR count). The third-order valence-electron chi connectivity index (χ3n) is 17.9. The van der Waals surface area contributed by atoms with Gasteiger partial charge < -0.3 is 88.9 Å². The predicted octanol–water partition coefficient (Wildman–Crippen LogP) is 2.04. The minimum Gasteiger partial charge on any atom is -0.480 e. The van der Waals surface area contributed by atoms with Crippen molar-refractivity contribution in [3.63, 3.8) is 0 Å². The Hall–Kier alpha value is -7.61. The molecule has 2 saturated heterocycles. The van der Waals surface area contributed by atoms with Crippen LogP contribution in [-0.2, 0) is 86.3 Å². The largest absolute Gasteiger partial charge is 0.480 e. The molecule has 3 aromatic rings. The van der Waals surface area contributed by atoms with Crippen molar-refractivity contribution in [1.29, 1.82) is 0 Å². The first kappa shape index (κ1) is 77.4. The molecule has 3 aliphatic heterocycles. The molecule has 3 aliphatic rings. The standard InChI is InChI=1S/C67H97N7O22/c1-12-39(6)56(48(89-10)33-53(79)73-25-16-19-46(73)60(90-11)40(7)62(83)69-45(65(86)87)31-41-17-14-13-15-18-41)71(8)64(85)54(37(2)3)70-63(84)55(38(4)5)72(9)67(88)93-36-42-20-21-47(95-66-59(82)58(81)57(80)49(35-75)96-66)44-32-43(94-61(42)44)34-68-50(76)24-27-91-29-30-92-28-26-74-51(77)22-23-52(74)78/h13-15,17-18,20-23,32,37-40,45-46,48-49,54-60,66,75,80-82H,12,16,19,24-31,33-36H2,1-11H3,(H,68,76)(H,69,83)(H,70,84)(H,86,87)/t39?,40-,45?,46+,48-,49-,54+,55+,56+,57+,58+,59-,60-,66-/m1/s1. The molecule has 8 amide bonds. The minimum atomic E-state index is -1.77. The summed E-state index contributed by atoms with van der Waals surface area (Å²) in [6.07, 6.45) is -6.74. The van der Waals surface area contributed by atoms with Crippen LogP contribution in [0.25, 0.3) is 11.0 Å². The number of likely N-dealkylation sites (tertiary alicyclic amines) is 1. The van der Waals surface area contributed by atoms with Crippen LogP contribution in [0.2, 0.25) is 0 Å². The van der Waals surface area contributed by atoms with Crippen molar-refractivity contribution in [2.24, 2.45) is 23.7 Å². The molecular formula is C67H97N7O22. The zero-order chi connectivity index (χ0) is 70.7. The van der Waals surface area contributed by atoms with Crippen LogP contribution in [0.1, 0.15) is 97.5 Å². The topological polar surface area (TPSA) is 382 Å². The van der Waals surface area contributed by atoms with Gasteiger partial charge in [-0.1, -0.05) is 85.2 Å². The molecule has 8 N–H and O–H groups in total. The first-order chi connectivity index (χ1) is 45.7. The summed E-state index contributed by atoms with van der Waals surface area (Å²) in [5.74, 6) is -6.30. The molecule has 0 saturated carbocycles. The number of hydrogen-bond acceptors (Lipinski definition) is 21. The lowest BCUT2D eigenvalue weighted by atomic mass is 9.89. The lowest BCUT2D eigenvalue weighted by molar-refractivity contribution is -0.277. The van der Waals surface area contributed by atoms with Crippen molar-refractivity contribution in [3.8, 4) is 5.75 Å². The number of methoxy groups -OCH3 is 2. The monoisotopic (exact) mass is 1350 g/mol. The van der Waals surface area contributed by atoms with Gasteiger partial charge in [0.1, 0.15) is 66.2 Å². The number of likely N-dealkylation sites (N-methyl/N-ethyl adjacent to an activating group) is 2. The van der Waals surface area contributed by atoms with Crippen molar-refractivity contribution >= 4 is 64.4 Å². The molecule has 4 heterocycles. The van der Waals surface area contributed by atoms with Crippen LogP contribution < -0.4 is 20.7 Å². The molecule has 1 aromatic heterocycles. The number of fused-ring (bicyclic) bond motifs is 1. The van der Waals surface area contributed by atoms with Crippen LogP contribution in [0.3, 0.4) is 0 Å². The summed E-state index contributed by atoms with van der Waals surface area (Å²) in [7, 11) is 5.88. The highest BCUT2D eigenvalue weighted by molar-refractivity contribution is 6.12. The molecular weight excluding hydrogens is 1250 g/mol. The minimum absolute atomic E-state index is 0.0260. The van der Waals surface area contributed by atoms with Crippen molar-refractivity contribution in [2.45, 2.75) is 173 Å². The van der Waals surface area contributed by atoms with Crippen LogP contribution in [-0.4, -0.2) is 246 Å². The highest BCUT2D eigenvalue weighted by Gasteiger charge is 2.47. The number of nitrogens with one attached hydrogen (secondary N) is 3. The first-order valence-electron chi connectivity index (χ1n) is 32.5. The summed E-state index contributed by atoms with van der Waals surface area (Å²) in [5, 5.41) is 60.2. The quantitative estimate of drug-likeness (QED) is 0.0302. The average Bonchev–Trinajstić information content (AvgIpc) is 1.53. The molecule has 29 nitrogen and oxygen atoms in total. The Labute approximate surface area is 559 Å². The van der Waals surface area contributed by atoms with E-state index in [1.54, 1.807) is 70.8 Å². The number of imide groups is 1. The SMILES string of the molecule is CCC(C)[C@@H]([C@@H](CC(=O)N1CCC[C@H]1[C@H](OC)[C@@H](C)C(=O)NC(Cc1ccccc1)C(=O)O)OC)N(C)C(=O)[C@@H](NC(=O)[C@H](C(C)C)N(C)C(=O)OCc1ccc(O[C@@H]2O[C@H](CO)[C@H](O)[C@H](O)[C@H]2O)c2cc(CNC(=O)CCOCCOCCN3C(=O)C=CC3=O)oc12)C(C)C. The number of carboxylic acids is 1. The number of carboxylic acid groups (broad SMARTS) is 1. The highest BCUT2D eigenvalue weighted by Crippen LogP contribution is 2.36. The average molecular weight is 1350 g/mol. The van der Waals surface area contributed by atoms with E-state index in [2.05, 4.69) is 16.0 Å². The van der Waals surface area contributed by atoms with Crippen LogP contribution in [0.5, 0.6) is 5.75 Å². The third-order valence-corrected chi connectivity index (χ3v) is 17.9. The van der Waals surface area contributed by atoms with Gasteiger partial charge in [0, 0.05) is 65.4 Å². The van der Waals surface area contributed by atoms with Gasteiger partial charge in [-0.15, -0.1) is 0 Å². The van der Waals surface area contributed by atoms with Crippen molar-refractivity contribution in [1.82, 2.24) is 35.6 Å². The number of aliphatic carboxylic acids is 1. The van der Waals surface area contributed by atoms with Gasteiger partial charge >= 0.3 is 12.1 Å². The van der Waals surface area contributed by atoms with E-state index in [9.17, 15) is 68.7 Å². The Morgan fingerprint density at radius 1 is 0.802 bits per heavy atom. The van der Waals surface area contributed by atoms with E-state index in [1.807, 2.05) is 19.9 Å². The van der Waals surface area contributed by atoms with Crippen molar-refractivity contribution < 1.29 is 106 Å². The van der Waals surface area contributed by atoms with Crippen molar-refractivity contribution in [2.75, 3.05) is 74.4 Å². The zero-order valence-corrected chi connectivity index (χ0v) is 56.6. The fourth-order valence-corrected chi connectivity index (χ4v) is 12.3. The molecule has 0 spiro atoms. The lowest BCUT2D eigenvalue weighted by Gasteiger charge is -2.41. The van der Waals surface area contributed by atoms with Gasteiger partial charge in [-0.3, -0.25) is 43.4 Å². The van der Waals surface area contributed by atoms with Gasteiger partial charge in [0.2, 0.25) is 35.8 Å². The van der Waals surface area contributed by atoms with E-state index in [0.29, 0.717) is 25.8 Å². The maximum Gasteiger partial charge on any atom is 0.410 e. The number of nitrogens with zero attached hydrogens (tertiary/aromatic N) is 4. The summed E-state index contributed by atoms with van der Waals surface area (Å²) >= 11 is 0. The number of ether oxygens (including phenoxy) is 7. The van der Waals surface area contributed by atoms with Gasteiger partial charge in [-0.05, 0) is 54.4 Å². The fourth-order valence-electron chi connectivity index (χ4n) is 12.3. The molecule has 2 unspecified atom stereocenters. The molecule has 532 valence electrons. The highest BCUT2D eigenvalue weighted by atomic mass is 16.7. The maximum absolute atomic E-state index is 14.9. The normalized spacial score (nSPS) is 21.3.